The number of likely N-dealkylation sites (N-methyl/N-ethyl adjacent to an activating group) is 1. The lowest BCUT2D eigenvalue weighted by Crippen LogP contribution is -2.28. The van der Waals surface area contributed by atoms with Gasteiger partial charge in [0.1, 0.15) is 5.82 Å². The topological polar surface area (TPSA) is 53.4 Å². The van der Waals surface area contributed by atoms with Crippen LogP contribution in [0.3, 0.4) is 0 Å². The van der Waals surface area contributed by atoms with Crippen molar-refractivity contribution in [2.45, 2.75) is 33.2 Å². The van der Waals surface area contributed by atoms with Crippen LogP contribution in [0.15, 0.2) is 24.3 Å². The van der Waals surface area contributed by atoms with Crippen LogP contribution in [0, 0.1) is 6.92 Å². The molecule has 6 heteroatoms. The second kappa shape index (κ2) is 8.67. The summed E-state index contributed by atoms with van der Waals surface area (Å²) < 4.78 is 1.75. The zero-order valence-electron chi connectivity index (χ0n) is 17.0. The van der Waals surface area contributed by atoms with Gasteiger partial charge in [0.15, 0.2) is 0 Å². The first-order valence-corrected chi connectivity index (χ1v) is 9.81. The lowest BCUT2D eigenvalue weighted by Gasteiger charge is -2.20. The number of carbonyl (C=O) groups excluding carboxylic acids is 1. The maximum absolute atomic E-state index is 12.8. The molecule has 1 N–H and O–H groups in total. The molecule has 0 unspecified atom stereocenters. The number of anilines is 1. The highest BCUT2D eigenvalue weighted by atomic mass is 16.1. The van der Waals surface area contributed by atoms with Crippen molar-refractivity contribution in [1.82, 2.24) is 19.6 Å². The minimum absolute atomic E-state index is 0.0822. The Hall–Kier alpha value is -2.18. The highest BCUT2D eigenvalue weighted by Crippen LogP contribution is 2.20. The fourth-order valence-electron chi connectivity index (χ4n) is 3.70. The zero-order chi connectivity index (χ0) is 19.4. The Morgan fingerprint density at radius 3 is 2.74 bits per heavy atom. The predicted octanol–water partition coefficient (Wildman–Crippen LogP) is 2.68. The number of aryl methyl sites for hydroxylation is 2. The first-order chi connectivity index (χ1) is 13.0. The number of nitrogens with one attached hydrogen (secondary N) is 1. The number of rotatable bonds is 5. The molecular formula is C21H31N5O. The average molecular weight is 370 g/mol. The summed E-state index contributed by atoms with van der Waals surface area (Å²) in [6, 6.07) is 7.97. The van der Waals surface area contributed by atoms with Gasteiger partial charge in [0, 0.05) is 37.8 Å². The van der Waals surface area contributed by atoms with Gasteiger partial charge in [0.05, 0.1) is 5.69 Å². The molecule has 0 spiro atoms. The van der Waals surface area contributed by atoms with Gasteiger partial charge >= 0.3 is 0 Å². The molecular weight excluding hydrogens is 338 g/mol. The van der Waals surface area contributed by atoms with E-state index in [9.17, 15) is 4.79 Å². The standard InChI is InChI=1S/C21H31N5O/c1-5-19-16(2)20(25(4)23-19)22-21(27)18-9-6-8-17(14-18)15-26-11-7-10-24(3)12-13-26/h6,8-9,14H,5,7,10-13,15H2,1-4H3,(H,22,27). The maximum atomic E-state index is 12.8. The van der Waals surface area contributed by atoms with Crippen molar-refractivity contribution in [3.8, 4) is 0 Å². The van der Waals surface area contributed by atoms with Crippen molar-refractivity contribution in [2.75, 3.05) is 38.5 Å². The molecule has 0 radical (unpaired) electrons. The molecule has 1 fully saturated rings. The van der Waals surface area contributed by atoms with E-state index >= 15 is 0 Å². The lowest BCUT2D eigenvalue weighted by atomic mass is 10.1. The van der Waals surface area contributed by atoms with Crippen LogP contribution in [0.2, 0.25) is 0 Å². The molecule has 2 aromatic rings. The molecule has 0 atom stereocenters. The Bertz CT molecular complexity index is 798. The number of nitrogens with zero attached hydrogens (tertiary/aromatic N) is 4. The second-order valence-electron chi connectivity index (χ2n) is 7.48. The average Bonchev–Trinajstić information content (AvgIpc) is 2.81. The van der Waals surface area contributed by atoms with Crippen molar-refractivity contribution in [3.63, 3.8) is 0 Å². The van der Waals surface area contributed by atoms with Crippen LogP contribution < -0.4 is 5.32 Å². The summed E-state index contributed by atoms with van der Waals surface area (Å²) >= 11 is 0. The molecule has 2 heterocycles. The van der Waals surface area contributed by atoms with E-state index in [0.29, 0.717) is 5.56 Å². The monoisotopic (exact) mass is 369 g/mol. The van der Waals surface area contributed by atoms with Gasteiger partial charge in [-0.05, 0) is 57.6 Å². The summed E-state index contributed by atoms with van der Waals surface area (Å²) in [6.07, 6.45) is 2.05. The molecule has 1 aliphatic heterocycles. The Morgan fingerprint density at radius 2 is 2.00 bits per heavy atom. The highest BCUT2D eigenvalue weighted by Gasteiger charge is 2.16. The molecule has 1 aliphatic rings. The summed E-state index contributed by atoms with van der Waals surface area (Å²) in [5.41, 5.74) is 3.94. The molecule has 6 nitrogen and oxygen atoms in total. The number of benzene rings is 1. The van der Waals surface area contributed by atoms with Crippen LogP contribution in [0.4, 0.5) is 5.82 Å². The molecule has 0 saturated carbocycles. The first-order valence-electron chi connectivity index (χ1n) is 9.81. The Balaban J connectivity index is 1.69. The number of hydrogen-bond acceptors (Lipinski definition) is 4. The minimum atomic E-state index is -0.0822. The quantitative estimate of drug-likeness (QED) is 0.880. The third kappa shape index (κ3) is 4.76. The van der Waals surface area contributed by atoms with Gasteiger partial charge in [-0.1, -0.05) is 19.1 Å². The van der Waals surface area contributed by atoms with E-state index < -0.39 is 0 Å². The van der Waals surface area contributed by atoms with Crippen molar-refractivity contribution in [3.05, 3.63) is 46.6 Å². The third-order valence-electron chi connectivity index (χ3n) is 5.36. The Morgan fingerprint density at radius 1 is 1.19 bits per heavy atom. The molecule has 1 aromatic heterocycles. The van der Waals surface area contributed by atoms with Crippen molar-refractivity contribution in [2.24, 2.45) is 7.05 Å². The summed E-state index contributed by atoms with van der Waals surface area (Å²) in [5.74, 6) is 0.694. The Kier molecular flexibility index (Phi) is 6.29. The van der Waals surface area contributed by atoms with E-state index in [1.54, 1.807) is 4.68 Å². The molecule has 1 aromatic carbocycles. The SMILES string of the molecule is CCc1nn(C)c(NC(=O)c2cccc(CN3CCCN(C)CC3)c2)c1C. The van der Waals surface area contributed by atoms with E-state index in [-0.39, 0.29) is 5.91 Å². The number of carbonyl (C=O) groups is 1. The third-order valence-corrected chi connectivity index (χ3v) is 5.36. The Labute approximate surface area is 162 Å². The van der Waals surface area contributed by atoms with Crippen LogP contribution in [0.1, 0.15) is 40.5 Å². The summed E-state index contributed by atoms with van der Waals surface area (Å²) in [5, 5.41) is 7.51. The molecule has 1 saturated heterocycles. The molecule has 27 heavy (non-hydrogen) atoms. The van der Waals surface area contributed by atoms with Crippen LogP contribution in [-0.2, 0) is 20.0 Å². The maximum Gasteiger partial charge on any atom is 0.256 e. The largest absolute Gasteiger partial charge is 0.307 e. The number of aromatic nitrogens is 2. The molecule has 3 rings (SSSR count). The van der Waals surface area contributed by atoms with Crippen LogP contribution >= 0.6 is 0 Å². The second-order valence-corrected chi connectivity index (χ2v) is 7.48. The number of hydrogen-bond donors (Lipinski definition) is 1. The highest BCUT2D eigenvalue weighted by molar-refractivity contribution is 6.04. The van der Waals surface area contributed by atoms with E-state index in [1.807, 2.05) is 32.2 Å². The van der Waals surface area contributed by atoms with Crippen molar-refractivity contribution >= 4 is 11.7 Å². The van der Waals surface area contributed by atoms with Crippen molar-refractivity contribution in [1.29, 1.82) is 0 Å². The zero-order valence-corrected chi connectivity index (χ0v) is 17.0. The molecule has 1 amide bonds. The van der Waals surface area contributed by atoms with Gasteiger partial charge in [-0.25, -0.2) is 0 Å². The lowest BCUT2D eigenvalue weighted by molar-refractivity contribution is 0.102. The molecule has 146 valence electrons. The fraction of sp³-hybridized carbons (Fsp3) is 0.524. The van der Waals surface area contributed by atoms with E-state index in [0.717, 1.165) is 56.2 Å². The van der Waals surface area contributed by atoms with Gasteiger partial charge in [-0.3, -0.25) is 14.4 Å². The molecule has 0 bridgehead atoms. The summed E-state index contributed by atoms with van der Waals surface area (Å²) in [7, 11) is 4.05. The fourth-order valence-corrected chi connectivity index (χ4v) is 3.70. The van der Waals surface area contributed by atoms with Gasteiger partial charge in [-0.15, -0.1) is 0 Å². The van der Waals surface area contributed by atoms with Crippen LogP contribution in [0.5, 0.6) is 0 Å². The van der Waals surface area contributed by atoms with E-state index in [1.165, 1.54) is 12.0 Å². The van der Waals surface area contributed by atoms with Gasteiger partial charge in [0.25, 0.3) is 5.91 Å². The van der Waals surface area contributed by atoms with E-state index in [2.05, 4.69) is 40.3 Å². The van der Waals surface area contributed by atoms with Crippen molar-refractivity contribution < 1.29 is 4.79 Å². The normalized spacial score (nSPS) is 16.3. The van der Waals surface area contributed by atoms with Gasteiger partial charge in [-0.2, -0.15) is 5.10 Å². The van der Waals surface area contributed by atoms with Gasteiger partial charge in [0.2, 0.25) is 0 Å². The van der Waals surface area contributed by atoms with E-state index in [4.69, 9.17) is 0 Å². The number of amides is 1. The van der Waals surface area contributed by atoms with Gasteiger partial charge < -0.3 is 10.2 Å². The molecule has 0 aliphatic carbocycles. The van der Waals surface area contributed by atoms with Crippen LogP contribution in [0.25, 0.3) is 0 Å². The summed E-state index contributed by atoms with van der Waals surface area (Å²) in [6.45, 7) is 9.40. The van der Waals surface area contributed by atoms with Crippen LogP contribution in [-0.4, -0.2) is 58.7 Å². The summed E-state index contributed by atoms with van der Waals surface area (Å²) in [4.78, 5) is 17.6. The predicted molar refractivity (Wildman–Crippen MR) is 109 cm³/mol. The smallest absolute Gasteiger partial charge is 0.256 e. The minimum Gasteiger partial charge on any atom is -0.307 e. The first kappa shape index (κ1) is 19.6.